The van der Waals surface area contributed by atoms with Crippen LogP contribution in [0.5, 0.6) is 0 Å². The Morgan fingerprint density at radius 1 is 0.583 bits per heavy atom. The first kappa shape index (κ1) is 19.4. The van der Waals surface area contributed by atoms with Crippen LogP contribution in [0.2, 0.25) is 0 Å². The molecule has 0 fully saturated rings. The van der Waals surface area contributed by atoms with Gasteiger partial charge in [-0.15, -0.1) is 0 Å². The summed E-state index contributed by atoms with van der Waals surface area (Å²) in [5.41, 5.74) is 0. The molecule has 2 aromatic rings. The summed E-state index contributed by atoms with van der Waals surface area (Å²) in [6.45, 7) is 0. The Bertz CT molecular complexity index is 759. The highest BCUT2D eigenvalue weighted by atomic mass is 33.1. The Balaban J connectivity index is 1.72. The molecule has 24 heavy (non-hydrogen) atoms. The third kappa shape index (κ3) is 5.84. The van der Waals surface area contributed by atoms with Gasteiger partial charge in [0.25, 0.3) is 0 Å². The summed E-state index contributed by atoms with van der Waals surface area (Å²) >= 11 is 0. The van der Waals surface area contributed by atoms with Crippen LogP contribution in [-0.4, -0.2) is 28.3 Å². The van der Waals surface area contributed by atoms with E-state index in [9.17, 15) is 16.8 Å². The lowest BCUT2D eigenvalue weighted by Gasteiger charge is -2.05. The van der Waals surface area contributed by atoms with Crippen molar-refractivity contribution >= 4 is 39.3 Å². The molecule has 8 heteroatoms. The lowest BCUT2D eigenvalue weighted by Crippen LogP contribution is -1.98. The normalized spacial score (nSPS) is 12.2. The fourth-order valence-electron chi connectivity index (χ4n) is 1.85. The molecule has 0 N–H and O–H groups in total. The van der Waals surface area contributed by atoms with Crippen molar-refractivity contribution in [2.45, 2.75) is 22.6 Å². The van der Waals surface area contributed by atoms with E-state index >= 15 is 0 Å². The van der Waals surface area contributed by atoms with E-state index in [0.717, 1.165) is 21.6 Å². The summed E-state index contributed by atoms with van der Waals surface area (Å²) in [6.07, 6.45) is 1.29. The van der Waals surface area contributed by atoms with Gasteiger partial charge in [0, 0.05) is 11.5 Å². The van der Waals surface area contributed by atoms with E-state index in [4.69, 9.17) is 0 Å². The van der Waals surface area contributed by atoms with Crippen LogP contribution in [0, 0.1) is 0 Å². The molecule has 0 saturated heterocycles. The fourth-order valence-corrected chi connectivity index (χ4v) is 7.69. The monoisotopic (exact) mass is 402 g/mol. The standard InChI is InChI=1S/C16H18O4S4/c17-23(18,15-9-3-1-4-10-15)21-13-7-8-14-22-24(19,20)16-11-5-2-6-12-16/h1-6,9-12H,7-8,13-14H2. The van der Waals surface area contributed by atoms with E-state index in [-0.39, 0.29) is 0 Å². The van der Waals surface area contributed by atoms with E-state index in [1.54, 1.807) is 60.7 Å². The summed E-state index contributed by atoms with van der Waals surface area (Å²) in [7, 11) is -4.86. The molecule has 0 bridgehead atoms. The second-order valence-corrected chi connectivity index (χ2v) is 13.0. The highest BCUT2D eigenvalue weighted by molar-refractivity contribution is 8.72. The van der Waals surface area contributed by atoms with Gasteiger partial charge < -0.3 is 0 Å². The molecule has 0 saturated carbocycles. The van der Waals surface area contributed by atoms with Crippen molar-refractivity contribution in [1.29, 1.82) is 0 Å². The predicted molar refractivity (Wildman–Crippen MR) is 101 cm³/mol. The van der Waals surface area contributed by atoms with Crippen molar-refractivity contribution in [2.24, 2.45) is 0 Å². The van der Waals surface area contributed by atoms with Crippen LogP contribution >= 0.6 is 21.6 Å². The van der Waals surface area contributed by atoms with Crippen molar-refractivity contribution in [3.63, 3.8) is 0 Å². The molecule has 0 aromatic heterocycles. The Morgan fingerprint density at radius 2 is 0.917 bits per heavy atom. The fraction of sp³-hybridized carbons (Fsp3) is 0.250. The van der Waals surface area contributed by atoms with Crippen molar-refractivity contribution < 1.29 is 16.8 Å². The molecule has 4 nitrogen and oxygen atoms in total. The molecule has 0 aliphatic rings. The van der Waals surface area contributed by atoms with Crippen LogP contribution in [0.15, 0.2) is 70.5 Å². The van der Waals surface area contributed by atoms with Gasteiger partial charge in [0.15, 0.2) is 0 Å². The average Bonchev–Trinajstić information content (AvgIpc) is 2.59. The summed E-state index contributed by atoms with van der Waals surface area (Å²) in [4.78, 5) is 0.604. The summed E-state index contributed by atoms with van der Waals surface area (Å²) in [5.74, 6) is 0.895. The molecule has 0 aliphatic carbocycles. The van der Waals surface area contributed by atoms with Gasteiger partial charge in [-0.05, 0) is 58.7 Å². The quantitative estimate of drug-likeness (QED) is 0.466. The van der Waals surface area contributed by atoms with Gasteiger partial charge in [-0.25, -0.2) is 16.8 Å². The molecule has 0 atom stereocenters. The maximum atomic E-state index is 12.1. The number of benzene rings is 2. The molecule has 2 rings (SSSR count). The Hall–Kier alpha value is -0.960. The molecule has 0 spiro atoms. The number of hydrogen-bond donors (Lipinski definition) is 0. The zero-order valence-electron chi connectivity index (χ0n) is 12.9. The highest BCUT2D eigenvalue weighted by Gasteiger charge is 2.15. The second-order valence-electron chi connectivity index (χ2n) is 4.89. The number of rotatable bonds is 9. The van der Waals surface area contributed by atoms with Crippen molar-refractivity contribution in [1.82, 2.24) is 0 Å². The first-order chi connectivity index (χ1) is 11.4. The lowest BCUT2D eigenvalue weighted by atomic mass is 10.4. The minimum absolute atomic E-state index is 0.302. The Kier molecular flexibility index (Phi) is 7.21. The van der Waals surface area contributed by atoms with Gasteiger partial charge in [0.1, 0.15) is 0 Å². The van der Waals surface area contributed by atoms with Crippen LogP contribution in [0.25, 0.3) is 0 Å². The van der Waals surface area contributed by atoms with Crippen LogP contribution in [0.1, 0.15) is 12.8 Å². The molecular weight excluding hydrogens is 384 g/mol. The maximum absolute atomic E-state index is 12.1. The minimum atomic E-state index is -3.33. The molecule has 0 heterocycles. The first-order valence-electron chi connectivity index (χ1n) is 7.31. The molecule has 130 valence electrons. The number of unbranched alkanes of at least 4 members (excludes halogenated alkanes) is 1. The van der Waals surface area contributed by atoms with Crippen molar-refractivity contribution in [2.75, 3.05) is 11.5 Å². The molecule has 0 amide bonds. The minimum Gasteiger partial charge on any atom is -0.212 e. The Labute approximate surface area is 150 Å². The van der Waals surface area contributed by atoms with E-state index in [0.29, 0.717) is 34.1 Å². The van der Waals surface area contributed by atoms with Crippen molar-refractivity contribution in [3.05, 3.63) is 60.7 Å². The maximum Gasteiger partial charge on any atom is 0.229 e. The molecule has 0 unspecified atom stereocenters. The summed E-state index contributed by atoms with van der Waals surface area (Å²) in [5, 5.41) is 0. The third-order valence-corrected chi connectivity index (χ3v) is 10.3. The van der Waals surface area contributed by atoms with E-state index in [1.807, 2.05) is 0 Å². The van der Waals surface area contributed by atoms with Crippen LogP contribution < -0.4 is 0 Å². The van der Waals surface area contributed by atoms with Crippen LogP contribution in [0.3, 0.4) is 0 Å². The summed E-state index contributed by atoms with van der Waals surface area (Å²) in [6, 6.07) is 16.6. The SMILES string of the molecule is O=S(=O)(SCCCCSS(=O)(=O)c1ccccc1)c1ccccc1. The van der Waals surface area contributed by atoms with Gasteiger partial charge in [-0.3, -0.25) is 0 Å². The van der Waals surface area contributed by atoms with Crippen LogP contribution in [0.4, 0.5) is 0 Å². The highest BCUT2D eigenvalue weighted by Crippen LogP contribution is 2.26. The lowest BCUT2D eigenvalue weighted by molar-refractivity contribution is 0.608. The van der Waals surface area contributed by atoms with Gasteiger partial charge >= 0.3 is 0 Å². The molecule has 2 aromatic carbocycles. The van der Waals surface area contributed by atoms with Crippen LogP contribution in [-0.2, 0) is 17.7 Å². The molecular formula is C16H18O4S4. The van der Waals surface area contributed by atoms with E-state index in [1.165, 1.54) is 0 Å². The predicted octanol–water partition coefficient (Wildman–Crippen LogP) is 4.01. The second kappa shape index (κ2) is 8.94. The van der Waals surface area contributed by atoms with Gasteiger partial charge in [-0.1, -0.05) is 36.4 Å². The Morgan fingerprint density at radius 3 is 1.25 bits per heavy atom. The topological polar surface area (TPSA) is 68.3 Å². The number of hydrogen-bond acceptors (Lipinski definition) is 6. The zero-order valence-corrected chi connectivity index (χ0v) is 16.1. The summed E-state index contributed by atoms with van der Waals surface area (Å²) < 4.78 is 48.3. The average molecular weight is 403 g/mol. The first-order valence-corrected chi connectivity index (χ1v) is 13.3. The van der Waals surface area contributed by atoms with Crippen molar-refractivity contribution in [3.8, 4) is 0 Å². The molecule has 0 aliphatic heterocycles. The van der Waals surface area contributed by atoms with E-state index < -0.39 is 17.7 Å². The van der Waals surface area contributed by atoms with E-state index in [2.05, 4.69) is 0 Å². The smallest absolute Gasteiger partial charge is 0.212 e. The largest absolute Gasteiger partial charge is 0.229 e. The third-order valence-electron chi connectivity index (χ3n) is 3.08. The molecule has 0 radical (unpaired) electrons. The van der Waals surface area contributed by atoms with Gasteiger partial charge in [0.2, 0.25) is 17.7 Å². The van der Waals surface area contributed by atoms with Gasteiger partial charge in [-0.2, -0.15) is 0 Å². The zero-order chi connectivity index (χ0) is 17.5. The van der Waals surface area contributed by atoms with Gasteiger partial charge in [0.05, 0.1) is 9.79 Å².